The summed E-state index contributed by atoms with van der Waals surface area (Å²) in [7, 11) is 5.47. The molecule has 0 saturated heterocycles. The Balaban J connectivity index is 2.54. The van der Waals surface area contributed by atoms with Gasteiger partial charge in [0.15, 0.2) is 0 Å². The number of esters is 1. The first-order valence-corrected chi connectivity index (χ1v) is 6.48. The molecule has 0 fully saturated rings. The van der Waals surface area contributed by atoms with Crippen molar-refractivity contribution in [2.45, 2.75) is 26.4 Å². The van der Waals surface area contributed by atoms with Gasteiger partial charge in [-0.25, -0.2) is 4.79 Å². The zero-order chi connectivity index (χ0) is 14.4. The van der Waals surface area contributed by atoms with Gasteiger partial charge in [-0.1, -0.05) is 13.8 Å². The molecule has 0 aliphatic rings. The fourth-order valence-electron chi connectivity index (χ4n) is 1.83. The van der Waals surface area contributed by atoms with Gasteiger partial charge in [0.1, 0.15) is 12.0 Å². The van der Waals surface area contributed by atoms with Crippen molar-refractivity contribution in [1.82, 2.24) is 10.2 Å². The van der Waals surface area contributed by atoms with E-state index in [0.717, 1.165) is 12.3 Å². The normalized spacial score (nSPS) is 13.0. The van der Waals surface area contributed by atoms with Crippen LogP contribution < -0.4 is 5.32 Å². The molecule has 1 N–H and O–H groups in total. The Hall–Kier alpha value is -1.33. The summed E-state index contributed by atoms with van der Waals surface area (Å²) in [6, 6.07) is 2.09. The molecule has 1 unspecified atom stereocenters. The molecule has 0 spiro atoms. The van der Waals surface area contributed by atoms with E-state index in [1.165, 1.54) is 13.4 Å². The van der Waals surface area contributed by atoms with Crippen molar-refractivity contribution in [2.24, 2.45) is 5.92 Å². The van der Waals surface area contributed by atoms with Crippen molar-refractivity contribution < 1.29 is 13.9 Å². The van der Waals surface area contributed by atoms with Crippen molar-refractivity contribution in [3.63, 3.8) is 0 Å². The molecule has 5 nitrogen and oxygen atoms in total. The van der Waals surface area contributed by atoms with Crippen LogP contribution in [0.25, 0.3) is 0 Å². The van der Waals surface area contributed by atoms with E-state index in [0.29, 0.717) is 24.1 Å². The average molecular weight is 268 g/mol. The topological polar surface area (TPSA) is 54.7 Å². The lowest BCUT2D eigenvalue weighted by atomic mass is 10.0. The SMILES string of the molecule is COC(=O)c1coc(CNC(CN(C)C)C(C)C)c1. The van der Waals surface area contributed by atoms with Gasteiger partial charge in [0.2, 0.25) is 0 Å². The van der Waals surface area contributed by atoms with E-state index in [-0.39, 0.29) is 5.97 Å². The third-order valence-electron chi connectivity index (χ3n) is 2.98. The molecule has 1 heterocycles. The lowest BCUT2D eigenvalue weighted by molar-refractivity contribution is 0.0600. The maximum Gasteiger partial charge on any atom is 0.341 e. The summed E-state index contributed by atoms with van der Waals surface area (Å²) < 4.78 is 9.99. The van der Waals surface area contributed by atoms with Gasteiger partial charge in [-0.05, 0) is 26.1 Å². The number of hydrogen-bond donors (Lipinski definition) is 1. The molecule has 1 atom stereocenters. The van der Waals surface area contributed by atoms with Crippen LogP contribution in [0.3, 0.4) is 0 Å². The highest BCUT2D eigenvalue weighted by molar-refractivity contribution is 5.88. The van der Waals surface area contributed by atoms with E-state index in [4.69, 9.17) is 4.42 Å². The predicted octanol–water partition coefficient (Wildman–Crippen LogP) is 1.74. The number of carbonyl (C=O) groups is 1. The molecule has 1 rings (SSSR count). The second kappa shape index (κ2) is 7.31. The van der Waals surface area contributed by atoms with Crippen LogP contribution in [0.2, 0.25) is 0 Å². The molecule has 0 radical (unpaired) electrons. The number of furan rings is 1. The highest BCUT2D eigenvalue weighted by Gasteiger charge is 2.15. The number of ether oxygens (including phenoxy) is 1. The van der Waals surface area contributed by atoms with Crippen molar-refractivity contribution in [1.29, 1.82) is 0 Å². The third-order valence-corrected chi connectivity index (χ3v) is 2.98. The monoisotopic (exact) mass is 268 g/mol. The molecule has 0 aliphatic carbocycles. The average Bonchev–Trinajstić information content (AvgIpc) is 2.81. The van der Waals surface area contributed by atoms with Crippen molar-refractivity contribution in [3.8, 4) is 0 Å². The largest absolute Gasteiger partial charge is 0.467 e. The van der Waals surface area contributed by atoms with Crippen molar-refractivity contribution >= 4 is 5.97 Å². The van der Waals surface area contributed by atoms with E-state index in [9.17, 15) is 4.79 Å². The quantitative estimate of drug-likeness (QED) is 0.763. The minimum atomic E-state index is -0.372. The van der Waals surface area contributed by atoms with Gasteiger partial charge in [-0.3, -0.25) is 0 Å². The molecular formula is C14H24N2O3. The van der Waals surface area contributed by atoms with E-state index >= 15 is 0 Å². The molecule has 0 aromatic carbocycles. The minimum Gasteiger partial charge on any atom is -0.467 e. The fraction of sp³-hybridized carbons (Fsp3) is 0.643. The number of likely N-dealkylation sites (N-methyl/N-ethyl adjacent to an activating group) is 1. The number of methoxy groups -OCH3 is 1. The molecule has 1 aromatic rings. The molecular weight excluding hydrogens is 244 g/mol. The smallest absolute Gasteiger partial charge is 0.341 e. The number of nitrogens with zero attached hydrogens (tertiary/aromatic N) is 1. The molecule has 19 heavy (non-hydrogen) atoms. The van der Waals surface area contributed by atoms with Gasteiger partial charge in [-0.2, -0.15) is 0 Å². The lowest BCUT2D eigenvalue weighted by Gasteiger charge is -2.25. The second-order valence-electron chi connectivity index (χ2n) is 5.29. The van der Waals surface area contributed by atoms with E-state index in [1.54, 1.807) is 6.07 Å². The first kappa shape index (κ1) is 15.7. The molecule has 0 saturated carbocycles. The summed E-state index contributed by atoms with van der Waals surface area (Å²) in [6.45, 7) is 5.93. The van der Waals surface area contributed by atoms with Crippen LogP contribution in [-0.4, -0.2) is 44.7 Å². The first-order chi connectivity index (χ1) is 8.93. The Bertz CT molecular complexity index is 399. The maximum absolute atomic E-state index is 11.3. The van der Waals surface area contributed by atoms with E-state index < -0.39 is 0 Å². The summed E-state index contributed by atoms with van der Waals surface area (Å²) in [5.74, 6) is 0.894. The van der Waals surface area contributed by atoms with Crippen molar-refractivity contribution in [2.75, 3.05) is 27.7 Å². The Kier molecular flexibility index (Phi) is 6.05. The summed E-state index contributed by atoms with van der Waals surface area (Å²) in [5, 5.41) is 3.45. The summed E-state index contributed by atoms with van der Waals surface area (Å²) in [6.07, 6.45) is 1.43. The zero-order valence-corrected chi connectivity index (χ0v) is 12.4. The van der Waals surface area contributed by atoms with Crippen LogP contribution in [0.5, 0.6) is 0 Å². The lowest BCUT2D eigenvalue weighted by Crippen LogP contribution is -2.41. The standard InChI is InChI=1S/C14H24N2O3/c1-10(2)13(8-16(3)4)15-7-12-6-11(9-19-12)14(17)18-5/h6,9-10,13,15H,7-8H2,1-5H3. The van der Waals surface area contributed by atoms with Gasteiger partial charge in [-0.15, -0.1) is 0 Å². The number of hydrogen-bond acceptors (Lipinski definition) is 5. The maximum atomic E-state index is 11.3. The van der Waals surface area contributed by atoms with Crippen molar-refractivity contribution in [3.05, 3.63) is 23.7 Å². The fourth-order valence-corrected chi connectivity index (χ4v) is 1.83. The summed E-state index contributed by atoms with van der Waals surface area (Å²) in [5.41, 5.74) is 0.452. The highest BCUT2D eigenvalue weighted by atomic mass is 16.5. The molecule has 108 valence electrons. The van der Waals surface area contributed by atoms with Gasteiger partial charge in [0.25, 0.3) is 0 Å². The van der Waals surface area contributed by atoms with Gasteiger partial charge in [0.05, 0.1) is 19.2 Å². The minimum absolute atomic E-state index is 0.372. The van der Waals surface area contributed by atoms with Crippen LogP contribution in [-0.2, 0) is 11.3 Å². The van der Waals surface area contributed by atoms with Gasteiger partial charge >= 0.3 is 5.97 Å². The Morgan fingerprint density at radius 1 is 1.47 bits per heavy atom. The second-order valence-corrected chi connectivity index (χ2v) is 5.29. The molecule has 0 aliphatic heterocycles. The Morgan fingerprint density at radius 3 is 2.68 bits per heavy atom. The molecule has 0 bridgehead atoms. The van der Waals surface area contributed by atoms with E-state index in [2.05, 4.69) is 42.9 Å². The van der Waals surface area contributed by atoms with Gasteiger partial charge in [0, 0.05) is 12.6 Å². The van der Waals surface area contributed by atoms with Gasteiger partial charge < -0.3 is 19.4 Å². The Morgan fingerprint density at radius 2 is 2.16 bits per heavy atom. The number of rotatable bonds is 7. The van der Waals surface area contributed by atoms with Crippen LogP contribution in [0.4, 0.5) is 0 Å². The predicted molar refractivity (Wildman–Crippen MR) is 74.1 cm³/mol. The van der Waals surface area contributed by atoms with E-state index in [1.807, 2.05) is 0 Å². The first-order valence-electron chi connectivity index (χ1n) is 6.48. The van der Waals surface area contributed by atoms with Crippen LogP contribution in [0.1, 0.15) is 30.0 Å². The Labute approximate surface area is 114 Å². The zero-order valence-electron chi connectivity index (χ0n) is 12.4. The molecule has 0 amide bonds. The van der Waals surface area contributed by atoms with Crippen LogP contribution in [0.15, 0.2) is 16.7 Å². The summed E-state index contributed by atoms with van der Waals surface area (Å²) >= 11 is 0. The molecule has 5 heteroatoms. The van der Waals surface area contributed by atoms with Crippen LogP contribution in [0, 0.1) is 5.92 Å². The van der Waals surface area contributed by atoms with Crippen LogP contribution >= 0.6 is 0 Å². The third kappa shape index (κ3) is 5.04. The number of nitrogens with one attached hydrogen (secondary N) is 1. The summed E-state index contributed by atoms with van der Waals surface area (Å²) in [4.78, 5) is 13.5. The number of carbonyl (C=O) groups excluding carboxylic acids is 1. The highest BCUT2D eigenvalue weighted by Crippen LogP contribution is 2.10. The molecule has 1 aromatic heterocycles.